The van der Waals surface area contributed by atoms with Gasteiger partial charge in [-0.1, -0.05) is 48.9 Å². The molecule has 0 aliphatic carbocycles. The normalized spacial score (nSPS) is 12.0. The number of sulfonamides is 1. The van der Waals surface area contributed by atoms with Crippen molar-refractivity contribution in [3.8, 4) is 11.5 Å². The van der Waals surface area contributed by atoms with Gasteiger partial charge in [0, 0.05) is 12.6 Å². The number of ether oxygens (including phenoxy) is 2. The van der Waals surface area contributed by atoms with E-state index in [-0.39, 0.29) is 34.8 Å². The molecular formula is C31H39N3O6S. The van der Waals surface area contributed by atoms with Crippen LogP contribution >= 0.6 is 0 Å². The number of para-hydroxylation sites is 2. The molecule has 3 aromatic carbocycles. The van der Waals surface area contributed by atoms with Gasteiger partial charge in [-0.25, -0.2) is 8.42 Å². The van der Waals surface area contributed by atoms with Crippen molar-refractivity contribution in [2.24, 2.45) is 0 Å². The van der Waals surface area contributed by atoms with Gasteiger partial charge in [0.25, 0.3) is 10.0 Å². The molecule has 0 aliphatic heterocycles. The largest absolute Gasteiger partial charge is 0.497 e. The first-order valence-corrected chi connectivity index (χ1v) is 14.9. The van der Waals surface area contributed by atoms with E-state index in [0.717, 1.165) is 15.4 Å². The van der Waals surface area contributed by atoms with Crippen molar-refractivity contribution in [2.45, 2.75) is 57.6 Å². The molecule has 0 fully saturated rings. The molecule has 0 saturated heterocycles. The fraction of sp³-hybridized carbons (Fsp3) is 0.355. The summed E-state index contributed by atoms with van der Waals surface area (Å²) in [4.78, 5) is 28.9. The molecule has 0 spiro atoms. The third kappa shape index (κ3) is 7.79. The van der Waals surface area contributed by atoms with E-state index in [0.29, 0.717) is 12.2 Å². The Hall–Kier alpha value is -4.05. The molecule has 0 radical (unpaired) electrons. The smallest absolute Gasteiger partial charge is 0.264 e. The number of carbonyl (C=O) groups is 2. The molecule has 41 heavy (non-hydrogen) atoms. The van der Waals surface area contributed by atoms with Crippen molar-refractivity contribution < 1.29 is 27.5 Å². The molecule has 3 aromatic rings. The van der Waals surface area contributed by atoms with Crippen molar-refractivity contribution in [1.29, 1.82) is 0 Å². The highest BCUT2D eigenvalue weighted by Crippen LogP contribution is 2.33. The molecule has 2 amide bonds. The summed E-state index contributed by atoms with van der Waals surface area (Å²) < 4.78 is 39.8. The number of nitrogens with one attached hydrogen (secondary N) is 1. The van der Waals surface area contributed by atoms with E-state index in [1.165, 1.54) is 31.3 Å². The minimum absolute atomic E-state index is 0.0215. The highest BCUT2D eigenvalue weighted by molar-refractivity contribution is 7.92. The summed E-state index contributed by atoms with van der Waals surface area (Å²) in [5.41, 5.74) is 2.04. The van der Waals surface area contributed by atoms with Crippen molar-refractivity contribution in [3.63, 3.8) is 0 Å². The van der Waals surface area contributed by atoms with E-state index in [1.807, 2.05) is 52.0 Å². The first-order chi connectivity index (χ1) is 19.5. The molecule has 0 aliphatic rings. The Kier molecular flexibility index (Phi) is 10.8. The molecule has 0 aromatic heterocycles. The molecule has 3 rings (SSSR count). The molecule has 0 saturated carbocycles. The van der Waals surface area contributed by atoms with E-state index in [4.69, 9.17) is 9.47 Å². The fourth-order valence-electron chi connectivity index (χ4n) is 4.53. The second-order valence-electron chi connectivity index (χ2n) is 9.96. The van der Waals surface area contributed by atoms with Gasteiger partial charge in [-0.05, 0) is 69.2 Å². The van der Waals surface area contributed by atoms with Gasteiger partial charge in [0.05, 0.1) is 24.8 Å². The first-order valence-electron chi connectivity index (χ1n) is 13.5. The van der Waals surface area contributed by atoms with Crippen molar-refractivity contribution >= 4 is 27.5 Å². The van der Waals surface area contributed by atoms with E-state index in [1.54, 1.807) is 36.4 Å². The summed E-state index contributed by atoms with van der Waals surface area (Å²) in [5.74, 6) is -0.0482. The van der Waals surface area contributed by atoms with Gasteiger partial charge in [-0.15, -0.1) is 0 Å². The monoisotopic (exact) mass is 581 g/mol. The summed E-state index contributed by atoms with van der Waals surface area (Å²) in [6.45, 7) is 7.06. The van der Waals surface area contributed by atoms with Crippen LogP contribution in [0.2, 0.25) is 0 Å². The minimum Gasteiger partial charge on any atom is -0.497 e. The highest BCUT2D eigenvalue weighted by atomic mass is 32.2. The van der Waals surface area contributed by atoms with Crippen LogP contribution in [0.3, 0.4) is 0 Å². The number of methoxy groups -OCH3 is 2. The Morgan fingerprint density at radius 1 is 0.927 bits per heavy atom. The SMILES string of the molecule is CC[C@@H](C(=O)NC(C)C)N(Cc1cccc(C)c1)C(=O)CN(c1ccccc1OC)S(=O)(=O)c1ccc(OC)cc1. The van der Waals surface area contributed by atoms with Crippen LogP contribution in [0.1, 0.15) is 38.3 Å². The lowest BCUT2D eigenvalue weighted by Crippen LogP contribution is -2.53. The number of aryl methyl sites for hydroxylation is 1. The summed E-state index contributed by atoms with van der Waals surface area (Å²) in [7, 11) is -1.31. The quantitative estimate of drug-likeness (QED) is 0.318. The van der Waals surface area contributed by atoms with Gasteiger partial charge in [0.2, 0.25) is 11.8 Å². The van der Waals surface area contributed by atoms with Crippen LogP contribution < -0.4 is 19.1 Å². The minimum atomic E-state index is -4.24. The van der Waals surface area contributed by atoms with Gasteiger partial charge in [-0.3, -0.25) is 13.9 Å². The average Bonchev–Trinajstić information content (AvgIpc) is 2.95. The van der Waals surface area contributed by atoms with Crippen LogP contribution in [0, 0.1) is 6.92 Å². The number of hydrogen-bond donors (Lipinski definition) is 1. The average molecular weight is 582 g/mol. The Balaban J connectivity index is 2.10. The van der Waals surface area contributed by atoms with Crippen LogP contribution in [-0.4, -0.2) is 58.0 Å². The predicted octanol–water partition coefficient (Wildman–Crippen LogP) is 4.54. The molecule has 220 valence electrons. The zero-order valence-electron chi connectivity index (χ0n) is 24.5. The first kappa shape index (κ1) is 31.5. The number of nitrogens with zero attached hydrogens (tertiary/aromatic N) is 2. The van der Waals surface area contributed by atoms with Crippen molar-refractivity contribution in [1.82, 2.24) is 10.2 Å². The van der Waals surface area contributed by atoms with Crippen molar-refractivity contribution in [3.05, 3.63) is 83.9 Å². The van der Waals surface area contributed by atoms with Gasteiger partial charge >= 0.3 is 0 Å². The van der Waals surface area contributed by atoms with Crippen LogP contribution in [0.15, 0.2) is 77.7 Å². The molecular weight excluding hydrogens is 542 g/mol. The Morgan fingerprint density at radius 2 is 1.61 bits per heavy atom. The maximum absolute atomic E-state index is 14.2. The fourth-order valence-corrected chi connectivity index (χ4v) is 5.96. The Labute approximate surface area is 243 Å². The number of anilines is 1. The van der Waals surface area contributed by atoms with Gasteiger partial charge in [-0.2, -0.15) is 0 Å². The topological polar surface area (TPSA) is 105 Å². The van der Waals surface area contributed by atoms with Crippen LogP contribution in [0.5, 0.6) is 11.5 Å². The zero-order valence-corrected chi connectivity index (χ0v) is 25.3. The van der Waals surface area contributed by atoms with Crippen LogP contribution in [-0.2, 0) is 26.2 Å². The lowest BCUT2D eigenvalue weighted by Gasteiger charge is -2.34. The second-order valence-corrected chi connectivity index (χ2v) is 11.8. The van der Waals surface area contributed by atoms with Crippen LogP contribution in [0.25, 0.3) is 0 Å². The molecule has 0 heterocycles. The van der Waals surface area contributed by atoms with Crippen LogP contribution in [0.4, 0.5) is 5.69 Å². The van der Waals surface area contributed by atoms with E-state index < -0.39 is 28.5 Å². The van der Waals surface area contributed by atoms with Gasteiger partial charge in [0.15, 0.2) is 0 Å². The number of rotatable bonds is 13. The summed E-state index contributed by atoms with van der Waals surface area (Å²) in [6.07, 6.45) is 0.343. The molecule has 1 atom stereocenters. The summed E-state index contributed by atoms with van der Waals surface area (Å²) in [6, 6.07) is 19.3. The number of benzene rings is 3. The Morgan fingerprint density at radius 3 is 2.20 bits per heavy atom. The third-order valence-electron chi connectivity index (χ3n) is 6.53. The molecule has 1 N–H and O–H groups in total. The lowest BCUT2D eigenvalue weighted by atomic mass is 10.1. The van der Waals surface area contributed by atoms with Gasteiger partial charge < -0.3 is 19.7 Å². The molecule has 10 heteroatoms. The van der Waals surface area contributed by atoms with Crippen molar-refractivity contribution in [2.75, 3.05) is 25.1 Å². The maximum Gasteiger partial charge on any atom is 0.264 e. The number of amides is 2. The van der Waals surface area contributed by atoms with E-state index >= 15 is 0 Å². The summed E-state index contributed by atoms with van der Waals surface area (Å²) in [5, 5.41) is 2.90. The molecule has 9 nitrogen and oxygen atoms in total. The molecule has 0 bridgehead atoms. The number of hydrogen-bond acceptors (Lipinski definition) is 6. The van der Waals surface area contributed by atoms with Gasteiger partial charge in [0.1, 0.15) is 24.1 Å². The lowest BCUT2D eigenvalue weighted by molar-refractivity contribution is -0.140. The maximum atomic E-state index is 14.2. The standard InChI is InChI=1S/C31H39N3O6S/c1-7-27(31(36)32-22(2)3)33(20-24-12-10-11-23(4)19-24)30(35)21-34(28-13-8-9-14-29(28)40-6)41(37,38)26-17-15-25(39-5)16-18-26/h8-19,22,27H,7,20-21H2,1-6H3,(H,32,36)/t27-/m0/s1. The highest BCUT2D eigenvalue weighted by Gasteiger charge is 2.34. The predicted molar refractivity (Wildman–Crippen MR) is 160 cm³/mol. The molecule has 0 unspecified atom stereocenters. The Bertz CT molecular complexity index is 1440. The zero-order chi connectivity index (χ0) is 30.2. The third-order valence-corrected chi connectivity index (χ3v) is 8.31. The summed E-state index contributed by atoms with van der Waals surface area (Å²) >= 11 is 0. The van der Waals surface area contributed by atoms with E-state index in [2.05, 4.69) is 5.32 Å². The van der Waals surface area contributed by atoms with E-state index in [9.17, 15) is 18.0 Å². The second kappa shape index (κ2) is 14.0. The number of carbonyl (C=O) groups excluding carboxylic acids is 2.